The van der Waals surface area contributed by atoms with E-state index in [0.717, 1.165) is 6.07 Å². The number of primary amides is 1. The van der Waals surface area contributed by atoms with Gasteiger partial charge in [-0.05, 0) is 25.1 Å². The Bertz CT molecular complexity index is 410. The molecular weight excluding hydrogens is 237 g/mol. The summed E-state index contributed by atoms with van der Waals surface area (Å²) in [5, 5.41) is 15.0. The number of anilines is 1. The molecule has 6 heteroatoms. The maximum Gasteiger partial charge on any atom is 0.250 e. The second kappa shape index (κ2) is 6.93. The van der Waals surface area contributed by atoms with Gasteiger partial charge in [-0.3, -0.25) is 4.79 Å². The van der Waals surface area contributed by atoms with E-state index in [-0.39, 0.29) is 5.56 Å². The quantitative estimate of drug-likeness (QED) is 0.528. The van der Waals surface area contributed by atoms with E-state index in [9.17, 15) is 9.18 Å². The summed E-state index contributed by atoms with van der Waals surface area (Å²) in [4.78, 5) is 11.1. The maximum atomic E-state index is 13.0. The van der Waals surface area contributed by atoms with Crippen LogP contribution in [0.5, 0.6) is 0 Å². The van der Waals surface area contributed by atoms with E-state index in [1.807, 2.05) is 0 Å². The molecule has 0 aromatic heterocycles. The highest BCUT2D eigenvalue weighted by Gasteiger charge is 2.08. The van der Waals surface area contributed by atoms with Crippen LogP contribution >= 0.6 is 0 Å². The standard InChI is InChI=1S/C12H18FN3O2/c1-8(17)7-15-4-5-16-11-3-2-9(13)6-10(11)12(14)18/h2-3,6,8,15-17H,4-5,7H2,1H3,(H2,14,18). The van der Waals surface area contributed by atoms with Crippen LogP contribution in [0.1, 0.15) is 17.3 Å². The number of carbonyl (C=O) groups excluding carboxylic acids is 1. The van der Waals surface area contributed by atoms with Crippen LogP contribution < -0.4 is 16.4 Å². The van der Waals surface area contributed by atoms with Gasteiger partial charge in [-0.15, -0.1) is 0 Å². The van der Waals surface area contributed by atoms with E-state index < -0.39 is 17.8 Å². The van der Waals surface area contributed by atoms with Gasteiger partial charge in [0.2, 0.25) is 0 Å². The first-order chi connectivity index (χ1) is 8.50. The molecule has 1 rings (SSSR count). The van der Waals surface area contributed by atoms with Crippen molar-refractivity contribution < 1.29 is 14.3 Å². The molecule has 0 radical (unpaired) electrons. The van der Waals surface area contributed by atoms with Crippen molar-refractivity contribution in [1.82, 2.24) is 5.32 Å². The molecule has 0 saturated heterocycles. The van der Waals surface area contributed by atoms with Gasteiger partial charge in [0, 0.05) is 25.3 Å². The van der Waals surface area contributed by atoms with Gasteiger partial charge < -0.3 is 21.5 Å². The molecule has 0 heterocycles. The molecule has 1 unspecified atom stereocenters. The van der Waals surface area contributed by atoms with Crippen LogP contribution in [0.15, 0.2) is 18.2 Å². The summed E-state index contributed by atoms with van der Waals surface area (Å²) in [5.41, 5.74) is 5.79. The fourth-order valence-corrected chi connectivity index (χ4v) is 1.47. The Hall–Kier alpha value is -1.66. The molecule has 0 aliphatic heterocycles. The zero-order chi connectivity index (χ0) is 13.5. The summed E-state index contributed by atoms with van der Waals surface area (Å²) in [5.74, 6) is -1.17. The first-order valence-electron chi connectivity index (χ1n) is 5.72. The summed E-state index contributed by atoms with van der Waals surface area (Å²) < 4.78 is 13.0. The Morgan fingerprint density at radius 1 is 1.50 bits per heavy atom. The van der Waals surface area contributed by atoms with E-state index in [0.29, 0.717) is 25.3 Å². The average Bonchev–Trinajstić information content (AvgIpc) is 2.29. The Balaban J connectivity index is 2.49. The largest absolute Gasteiger partial charge is 0.392 e. The van der Waals surface area contributed by atoms with Gasteiger partial charge in [0.05, 0.1) is 11.7 Å². The lowest BCUT2D eigenvalue weighted by Crippen LogP contribution is -2.29. The van der Waals surface area contributed by atoms with Crippen molar-refractivity contribution in [3.8, 4) is 0 Å². The number of nitrogens with two attached hydrogens (primary N) is 1. The highest BCUT2D eigenvalue weighted by Crippen LogP contribution is 2.15. The van der Waals surface area contributed by atoms with Gasteiger partial charge in [-0.25, -0.2) is 4.39 Å². The van der Waals surface area contributed by atoms with Crippen molar-refractivity contribution in [3.05, 3.63) is 29.6 Å². The lowest BCUT2D eigenvalue weighted by molar-refractivity contribution is 0.100. The van der Waals surface area contributed by atoms with Crippen LogP contribution in [0.3, 0.4) is 0 Å². The Labute approximate surface area is 105 Å². The molecule has 0 fully saturated rings. The summed E-state index contributed by atoms with van der Waals surface area (Å²) in [6, 6.07) is 3.84. The minimum Gasteiger partial charge on any atom is -0.392 e. The van der Waals surface area contributed by atoms with Crippen molar-refractivity contribution in [2.75, 3.05) is 25.0 Å². The molecule has 1 aromatic carbocycles. The van der Waals surface area contributed by atoms with E-state index in [2.05, 4.69) is 10.6 Å². The summed E-state index contributed by atoms with van der Waals surface area (Å²) >= 11 is 0. The van der Waals surface area contributed by atoms with E-state index in [1.54, 1.807) is 6.92 Å². The number of aliphatic hydroxyl groups is 1. The van der Waals surface area contributed by atoms with Crippen molar-refractivity contribution >= 4 is 11.6 Å². The van der Waals surface area contributed by atoms with E-state index in [4.69, 9.17) is 10.8 Å². The zero-order valence-corrected chi connectivity index (χ0v) is 10.2. The predicted octanol–water partition coefficient (Wildman–Crippen LogP) is 0.307. The molecular formula is C12H18FN3O2. The molecule has 100 valence electrons. The van der Waals surface area contributed by atoms with Crippen LogP contribution in [-0.4, -0.2) is 36.8 Å². The van der Waals surface area contributed by atoms with Crippen LogP contribution in [0, 0.1) is 5.82 Å². The summed E-state index contributed by atoms with van der Waals surface area (Å²) in [7, 11) is 0. The number of hydrogen-bond donors (Lipinski definition) is 4. The van der Waals surface area contributed by atoms with Gasteiger partial charge in [0.1, 0.15) is 5.82 Å². The highest BCUT2D eigenvalue weighted by atomic mass is 19.1. The van der Waals surface area contributed by atoms with Gasteiger partial charge in [0.25, 0.3) is 5.91 Å². The average molecular weight is 255 g/mol. The monoisotopic (exact) mass is 255 g/mol. The first kappa shape index (κ1) is 14.4. The Kier molecular flexibility index (Phi) is 5.54. The number of halogens is 1. The molecule has 18 heavy (non-hydrogen) atoms. The topological polar surface area (TPSA) is 87.4 Å². The van der Waals surface area contributed by atoms with E-state index in [1.165, 1.54) is 12.1 Å². The van der Waals surface area contributed by atoms with Crippen LogP contribution in [0.2, 0.25) is 0 Å². The number of nitrogens with one attached hydrogen (secondary N) is 2. The van der Waals surface area contributed by atoms with Crippen molar-refractivity contribution in [1.29, 1.82) is 0 Å². The van der Waals surface area contributed by atoms with Gasteiger partial charge in [-0.2, -0.15) is 0 Å². The summed E-state index contributed by atoms with van der Waals surface area (Å²) in [6.07, 6.45) is -0.406. The van der Waals surface area contributed by atoms with Crippen LogP contribution in [0.4, 0.5) is 10.1 Å². The number of amides is 1. The molecule has 5 nitrogen and oxygen atoms in total. The van der Waals surface area contributed by atoms with Crippen molar-refractivity contribution in [2.24, 2.45) is 5.73 Å². The van der Waals surface area contributed by atoms with Crippen molar-refractivity contribution in [2.45, 2.75) is 13.0 Å². The fourth-order valence-electron chi connectivity index (χ4n) is 1.47. The molecule has 1 atom stereocenters. The predicted molar refractivity (Wildman–Crippen MR) is 68.0 cm³/mol. The normalized spacial score (nSPS) is 12.2. The molecule has 0 bridgehead atoms. The summed E-state index contributed by atoms with van der Waals surface area (Å²) in [6.45, 7) is 3.33. The van der Waals surface area contributed by atoms with Gasteiger partial charge >= 0.3 is 0 Å². The molecule has 0 aliphatic carbocycles. The lowest BCUT2D eigenvalue weighted by atomic mass is 10.1. The van der Waals surface area contributed by atoms with Crippen LogP contribution in [-0.2, 0) is 0 Å². The lowest BCUT2D eigenvalue weighted by Gasteiger charge is -2.11. The number of benzene rings is 1. The zero-order valence-electron chi connectivity index (χ0n) is 10.2. The van der Waals surface area contributed by atoms with E-state index >= 15 is 0 Å². The minimum absolute atomic E-state index is 0.130. The molecule has 0 spiro atoms. The molecule has 0 aliphatic rings. The smallest absolute Gasteiger partial charge is 0.250 e. The van der Waals surface area contributed by atoms with Crippen molar-refractivity contribution in [3.63, 3.8) is 0 Å². The number of carbonyl (C=O) groups is 1. The second-order valence-corrected chi connectivity index (χ2v) is 4.03. The van der Waals surface area contributed by atoms with Crippen LogP contribution in [0.25, 0.3) is 0 Å². The Morgan fingerprint density at radius 3 is 2.83 bits per heavy atom. The third-order valence-corrected chi connectivity index (χ3v) is 2.30. The third-order valence-electron chi connectivity index (χ3n) is 2.30. The van der Waals surface area contributed by atoms with Gasteiger partial charge in [0.15, 0.2) is 0 Å². The SMILES string of the molecule is CC(O)CNCCNc1ccc(F)cc1C(N)=O. The molecule has 1 aromatic rings. The highest BCUT2D eigenvalue weighted by molar-refractivity contribution is 5.98. The molecule has 1 amide bonds. The molecule has 5 N–H and O–H groups in total. The number of hydrogen-bond acceptors (Lipinski definition) is 4. The minimum atomic E-state index is -0.672. The first-order valence-corrected chi connectivity index (χ1v) is 5.72. The Morgan fingerprint density at radius 2 is 2.22 bits per heavy atom. The second-order valence-electron chi connectivity index (χ2n) is 4.03. The number of rotatable bonds is 7. The molecule has 0 saturated carbocycles. The fraction of sp³-hybridized carbons (Fsp3) is 0.417. The van der Waals surface area contributed by atoms with Gasteiger partial charge in [-0.1, -0.05) is 0 Å². The number of aliphatic hydroxyl groups excluding tert-OH is 1. The third kappa shape index (κ3) is 4.68. The maximum absolute atomic E-state index is 13.0.